The maximum absolute atomic E-state index is 11.9. The summed E-state index contributed by atoms with van der Waals surface area (Å²) in [5.41, 5.74) is 1.82. The van der Waals surface area contributed by atoms with Crippen molar-refractivity contribution >= 4 is 29.1 Å². The van der Waals surface area contributed by atoms with Crippen LogP contribution in [-0.4, -0.2) is 23.5 Å². The Morgan fingerprint density at radius 1 is 1.09 bits per heavy atom. The van der Waals surface area contributed by atoms with Gasteiger partial charge in [-0.25, -0.2) is 0 Å². The third-order valence-electron chi connectivity index (χ3n) is 3.36. The number of halogens is 1. The van der Waals surface area contributed by atoms with Crippen molar-refractivity contribution in [3.8, 4) is 0 Å². The Balaban J connectivity index is 1.90. The molecule has 0 saturated carbocycles. The fourth-order valence-electron chi connectivity index (χ4n) is 1.98. The van der Waals surface area contributed by atoms with E-state index in [1.165, 1.54) is 0 Å². The number of amides is 2. The highest BCUT2D eigenvalue weighted by molar-refractivity contribution is 6.40. The number of aliphatic hydroxyl groups is 1. The first-order valence-electron chi connectivity index (χ1n) is 7.06. The number of rotatable bonds is 4. The molecule has 0 saturated heterocycles. The van der Waals surface area contributed by atoms with E-state index in [0.29, 0.717) is 21.8 Å². The molecule has 0 bridgehead atoms. The van der Waals surface area contributed by atoms with E-state index in [0.717, 1.165) is 0 Å². The monoisotopic (exact) mass is 332 g/mol. The molecule has 0 aliphatic rings. The highest BCUT2D eigenvalue weighted by atomic mass is 35.5. The molecular formula is C17H17ClN2O3. The molecule has 0 spiro atoms. The van der Waals surface area contributed by atoms with Crippen LogP contribution in [0.2, 0.25) is 5.02 Å². The van der Waals surface area contributed by atoms with Gasteiger partial charge in [0, 0.05) is 17.3 Å². The van der Waals surface area contributed by atoms with Crippen molar-refractivity contribution in [1.82, 2.24) is 5.32 Å². The Bertz CT molecular complexity index is 704. The first-order chi connectivity index (χ1) is 11.0. The maximum atomic E-state index is 11.9. The lowest BCUT2D eigenvalue weighted by molar-refractivity contribution is -0.136. The lowest BCUT2D eigenvalue weighted by Crippen LogP contribution is -2.37. The zero-order valence-electron chi connectivity index (χ0n) is 12.5. The lowest BCUT2D eigenvalue weighted by Gasteiger charge is -2.13. The van der Waals surface area contributed by atoms with Crippen LogP contribution in [-0.2, 0) is 9.59 Å². The van der Waals surface area contributed by atoms with E-state index in [1.54, 1.807) is 49.4 Å². The Hall–Kier alpha value is -2.37. The van der Waals surface area contributed by atoms with Crippen LogP contribution in [0, 0.1) is 6.92 Å². The molecule has 6 heteroatoms. The average Bonchev–Trinajstić information content (AvgIpc) is 2.57. The highest BCUT2D eigenvalue weighted by Gasteiger charge is 2.17. The molecule has 2 aromatic rings. The zero-order chi connectivity index (χ0) is 16.8. The van der Waals surface area contributed by atoms with Gasteiger partial charge in [-0.1, -0.05) is 48.0 Å². The van der Waals surface area contributed by atoms with Gasteiger partial charge in [-0.15, -0.1) is 0 Å². The van der Waals surface area contributed by atoms with E-state index in [9.17, 15) is 14.7 Å². The average molecular weight is 333 g/mol. The number of aliphatic hydroxyl groups excluding tert-OH is 1. The summed E-state index contributed by atoms with van der Waals surface area (Å²) >= 11 is 5.96. The van der Waals surface area contributed by atoms with Gasteiger partial charge in [-0.2, -0.15) is 0 Å². The van der Waals surface area contributed by atoms with Gasteiger partial charge in [-0.3, -0.25) is 9.59 Å². The molecule has 0 aromatic heterocycles. The van der Waals surface area contributed by atoms with Crippen molar-refractivity contribution in [2.24, 2.45) is 0 Å². The summed E-state index contributed by atoms with van der Waals surface area (Å²) in [6.45, 7) is 1.69. The number of nitrogens with one attached hydrogen (secondary N) is 2. The number of hydrogen-bond acceptors (Lipinski definition) is 3. The number of hydrogen-bond donors (Lipinski definition) is 3. The summed E-state index contributed by atoms with van der Waals surface area (Å²) in [7, 11) is 0. The fourth-order valence-corrected chi connectivity index (χ4v) is 2.16. The third-order valence-corrected chi connectivity index (χ3v) is 3.77. The third kappa shape index (κ3) is 4.55. The van der Waals surface area contributed by atoms with Crippen molar-refractivity contribution in [1.29, 1.82) is 0 Å². The predicted molar refractivity (Wildman–Crippen MR) is 89.2 cm³/mol. The minimum atomic E-state index is -0.874. The maximum Gasteiger partial charge on any atom is 0.313 e. The number of carbonyl (C=O) groups is 2. The van der Waals surface area contributed by atoms with E-state index in [1.807, 2.05) is 6.07 Å². The van der Waals surface area contributed by atoms with Crippen molar-refractivity contribution in [3.63, 3.8) is 0 Å². The number of carbonyl (C=O) groups excluding carboxylic acids is 2. The topological polar surface area (TPSA) is 78.4 Å². The SMILES string of the molecule is Cc1c(Cl)cccc1NC(=O)C(=O)NC[C@@H](O)c1ccccc1. The van der Waals surface area contributed by atoms with E-state index in [4.69, 9.17) is 11.6 Å². The van der Waals surface area contributed by atoms with Crippen molar-refractivity contribution in [2.75, 3.05) is 11.9 Å². The van der Waals surface area contributed by atoms with Gasteiger partial charge in [0.1, 0.15) is 0 Å². The molecule has 0 heterocycles. The molecule has 120 valence electrons. The molecule has 2 amide bonds. The summed E-state index contributed by atoms with van der Waals surface area (Å²) in [4.78, 5) is 23.7. The van der Waals surface area contributed by atoms with Crippen LogP contribution in [0.15, 0.2) is 48.5 Å². The van der Waals surface area contributed by atoms with Crippen LogP contribution in [0.3, 0.4) is 0 Å². The van der Waals surface area contributed by atoms with Gasteiger partial charge >= 0.3 is 11.8 Å². The van der Waals surface area contributed by atoms with Gasteiger partial charge in [0.2, 0.25) is 0 Å². The van der Waals surface area contributed by atoms with Crippen LogP contribution in [0.5, 0.6) is 0 Å². The normalized spacial score (nSPS) is 11.6. The smallest absolute Gasteiger partial charge is 0.313 e. The molecule has 0 aliphatic heterocycles. The first-order valence-corrected chi connectivity index (χ1v) is 7.44. The quantitative estimate of drug-likeness (QED) is 0.752. The Kier molecular flexibility index (Phi) is 5.73. The van der Waals surface area contributed by atoms with Crippen LogP contribution in [0.25, 0.3) is 0 Å². The fraction of sp³-hybridized carbons (Fsp3) is 0.176. The Labute approximate surface area is 139 Å². The molecule has 1 atom stereocenters. The van der Waals surface area contributed by atoms with Gasteiger partial charge in [0.15, 0.2) is 0 Å². The molecule has 2 rings (SSSR count). The molecule has 0 aliphatic carbocycles. The number of anilines is 1. The van der Waals surface area contributed by atoms with E-state index in [2.05, 4.69) is 10.6 Å². The molecule has 3 N–H and O–H groups in total. The lowest BCUT2D eigenvalue weighted by atomic mass is 10.1. The second-order valence-corrected chi connectivity index (χ2v) is 5.41. The zero-order valence-corrected chi connectivity index (χ0v) is 13.3. The van der Waals surface area contributed by atoms with E-state index in [-0.39, 0.29) is 6.54 Å². The van der Waals surface area contributed by atoms with Gasteiger partial charge < -0.3 is 15.7 Å². The Morgan fingerprint density at radius 3 is 2.48 bits per heavy atom. The van der Waals surface area contributed by atoms with Gasteiger partial charge in [-0.05, 0) is 30.2 Å². The minimum Gasteiger partial charge on any atom is -0.387 e. The summed E-state index contributed by atoms with van der Waals surface area (Å²) in [5.74, 6) is -1.63. The standard InChI is InChI=1S/C17H17ClN2O3/c1-11-13(18)8-5-9-14(11)20-17(23)16(22)19-10-15(21)12-6-3-2-4-7-12/h2-9,15,21H,10H2,1H3,(H,19,22)(H,20,23)/t15-/m1/s1. The van der Waals surface area contributed by atoms with E-state index >= 15 is 0 Å². The first kappa shape index (κ1) is 17.0. The molecule has 0 radical (unpaired) electrons. The molecule has 23 heavy (non-hydrogen) atoms. The van der Waals surface area contributed by atoms with Gasteiger partial charge in [0.25, 0.3) is 0 Å². The summed E-state index contributed by atoms with van der Waals surface area (Å²) in [6.07, 6.45) is -0.874. The number of benzene rings is 2. The summed E-state index contributed by atoms with van der Waals surface area (Å²) in [5, 5.41) is 15.4. The molecule has 5 nitrogen and oxygen atoms in total. The highest BCUT2D eigenvalue weighted by Crippen LogP contribution is 2.22. The summed E-state index contributed by atoms with van der Waals surface area (Å²) in [6, 6.07) is 13.9. The summed E-state index contributed by atoms with van der Waals surface area (Å²) < 4.78 is 0. The van der Waals surface area contributed by atoms with Crippen molar-refractivity contribution in [3.05, 3.63) is 64.7 Å². The van der Waals surface area contributed by atoms with Gasteiger partial charge in [0.05, 0.1) is 6.10 Å². The van der Waals surface area contributed by atoms with Crippen LogP contribution < -0.4 is 10.6 Å². The van der Waals surface area contributed by atoms with E-state index < -0.39 is 17.9 Å². The van der Waals surface area contributed by atoms with Crippen molar-refractivity contribution < 1.29 is 14.7 Å². The minimum absolute atomic E-state index is 0.0508. The van der Waals surface area contributed by atoms with Crippen molar-refractivity contribution in [2.45, 2.75) is 13.0 Å². The molecular weight excluding hydrogens is 316 g/mol. The molecule has 0 fully saturated rings. The second-order valence-electron chi connectivity index (χ2n) is 5.00. The largest absolute Gasteiger partial charge is 0.387 e. The predicted octanol–water partition coefficient (Wildman–Crippen LogP) is 2.44. The van der Waals surface area contributed by atoms with Crippen LogP contribution in [0.1, 0.15) is 17.2 Å². The van der Waals surface area contributed by atoms with Crippen LogP contribution >= 0.6 is 11.6 Å². The second kappa shape index (κ2) is 7.76. The Morgan fingerprint density at radius 2 is 1.78 bits per heavy atom. The molecule has 0 unspecified atom stereocenters. The van der Waals surface area contributed by atoms with Crippen LogP contribution in [0.4, 0.5) is 5.69 Å². The molecule has 2 aromatic carbocycles.